The summed E-state index contributed by atoms with van der Waals surface area (Å²) >= 11 is 0. The molecule has 0 saturated heterocycles. The molecule has 4 heteroatoms. The van der Waals surface area contributed by atoms with E-state index in [0.717, 1.165) is 35.1 Å². The molecule has 0 amide bonds. The van der Waals surface area contributed by atoms with Gasteiger partial charge in [-0.2, -0.15) is 5.10 Å². The lowest BCUT2D eigenvalue weighted by Gasteiger charge is -2.08. The average Bonchev–Trinajstić information content (AvgIpc) is 2.88. The van der Waals surface area contributed by atoms with E-state index in [1.807, 2.05) is 47.1 Å². The third-order valence-electron chi connectivity index (χ3n) is 4.00. The lowest BCUT2D eigenvalue weighted by atomic mass is 10.2. The second-order valence-electron chi connectivity index (χ2n) is 5.48. The van der Waals surface area contributed by atoms with Crippen molar-refractivity contribution in [2.75, 3.05) is 12.4 Å². The second kappa shape index (κ2) is 6.57. The zero-order valence-electron chi connectivity index (χ0n) is 13.7. The van der Waals surface area contributed by atoms with Crippen LogP contribution in [0.1, 0.15) is 17.0 Å². The number of benzene rings is 2. The highest BCUT2D eigenvalue weighted by atomic mass is 16.5. The Morgan fingerprint density at radius 2 is 1.70 bits per heavy atom. The van der Waals surface area contributed by atoms with Crippen LogP contribution in [0.4, 0.5) is 5.69 Å². The molecule has 0 aliphatic rings. The largest absolute Gasteiger partial charge is 0.497 e. The van der Waals surface area contributed by atoms with Gasteiger partial charge in [-0.1, -0.05) is 18.2 Å². The molecule has 3 aromatic rings. The quantitative estimate of drug-likeness (QED) is 0.771. The maximum absolute atomic E-state index is 5.18. The number of hydrogen-bond acceptors (Lipinski definition) is 3. The summed E-state index contributed by atoms with van der Waals surface area (Å²) in [6.45, 7) is 4.91. The van der Waals surface area contributed by atoms with E-state index < -0.39 is 0 Å². The minimum absolute atomic E-state index is 0.747. The minimum Gasteiger partial charge on any atom is -0.497 e. The van der Waals surface area contributed by atoms with Crippen LogP contribution >= 0.6 is 0 Å². The first-order valence-electron chi connectivity index (χ1n) is 7.67. The summed E-state index contributed by atoms with van der Waals surface area (Å²) in [4.78, 5) is 0. The molecule has 1 aromatic heterocycles. The van der Waals surface area contributed by atoms with Crippen molar-refractivity contribution in [1.29, 1.82) is 0 Å². The maximum atomic E-state index is 5.18. The molecule has 1 heterocycles. The molecule has 2 aromatic carbocycles. The summed E-state index contributed by atoms with van der Waals surface area (Å²) in [7, 11) is 1.67. The summed E-state index contributed by atoms with van der Waals surface area (Å²) in [6, 6.07) is 18.2. The highest BCUT2D eigenvalue weighted by Gasteiger charge is 2.12. The smallest absolute Gasteiger partial charge is 0.119 e. The molecule has 0 atom stereocenters. The van der Waals surface area contributed by atoms with Crippen molar-refractivity contribution in [3.8, 4) is 11.4 Å². The Morgan fingerprint density at radius 3 is 2.35 bits per heavy atom. The molecule has 0 aliphatic carbocycles. The molecule has 4 nitrogen and oxygen atoms in total. The monoisotopic (exact) mass is 307 g/mol. The molecule has 0 aliphatic heterocycles. The first-order valence-corrected chi connectivity index (χ1v) is 7.67. The van der Waals surface area contributed by atoms with Crippen LogP contribution in [-0.2, 0) is 6.54 Å². The second-order valence-corrected chi connectivity index (χ2v) is 5.48. The van der Waals surface area contributed by atoms with Crippen LogP contribution in [0.15, 0.2) is 54.6 Å². The van der Waals surface area contributed by atoms with Gasteiger partial charge in [-0.05, 0) is 50.2 Å². The SMILES string of the molecule is COc1ccc(NCc2c(C)nn(-c3ccccc3)c2C)cc1. The highest BCUT2D eigenvalue weighted by Crippen LogP contribution is 2.20. The van der Waals surface area contributed by atoms with Crippen LogP contribution in [0.5, 0.6) is 5.75 Å². The van der Waals surface area contributed by atoms with Crippen molar-refractivity contribution in [3.63, 3.8) is 0 Å². The van der Waals surface area contributed by atoms with Crippen molar-refractivity contribution in [2.45, 2.75) is 20.4 Å². The molecule has 0 bridgehead atoms. The van der Waals surface area contributed by atoms with Crippen molar-refractivity contribution in [1.82, 2.24) is 9.78 Å². The van der Waals surface area contributed by atoms with E-state index in [4.69, 9.17) is 4.74 Å². The van der Waals surface area contributed by atoms with Gasteiger partial charge in [-0.15, -0.1) is 0 Å². The summed E-state index contributed by atoms with van der Waals surface area (Å²) in [5.74, 6) is 0.861. The molecule has 0 radical (unpaired) electrons. The van der Waals surface area contributed by atoms with E-state index in [2.05, 4.69) is 36.4 Å². The third-order valence-corrected chi connectivity index (χ3v) is 4.00. The number of nitrogens with zero attached hydrogens (tertiary/aromatic N) is 2. The fourth-order valence-electron chi connectivity index (χ4n) is 2.65. The van der Waals surface area contributed by atoms with Gasteiger partial charge in [-0.3, -0.25) is 0 Å². The van der Waals surface area contributed by atoms with E-state index in [-0.39, 0.29) is 0 Å². The molecule has 118 valence electrons. The van der Waals surface area contributed by atoms with Gasteiger partial charge in [0.2, 0.25) is 0 Å². The van der Waals surface area contributed by atoms with Crippen molar-refractivity contribution in [2.24, 2.45) is 0 Å². The Kier molecular flexibility index (Phi) is 4.33. The van der Waals surface area contributed by atoms with Crippen LogP contribution < -0.4 is 10.1 Å². The Bertz CT molecular complexity index is 776. The number of para-hydroxylation sites is 1. The molecule has 0 saturated carbocycles. The molecule has 23 heavy (non-hydrogen) atoms. The zero-order chi connectivity index (χ0) is 16.2. The Labute approximate surface area is 136 Å². The number of aromatic nitrogens is 2. The van der Waals surface area contributed by atoms with Gasteiger partial charge in [0.05, 0.1) is 18.5 Å². The van der Waals surface area contributed by atoms with E-state index in [1.165, 1.54) is 5.56 Å². The van der Waals surface area contributed by atoms with Crippen LogP contribution in [-0.4, -0.2) is 16.9 Å². The first-order chi connectivity index (χ1) is 11.2. The molecule has 3 rings (SSSR count). The fraction of sp³-hybridized carbons (Fsp3) is 0.211. The molecular weight excluding hydrogens is 286 g/mol. The van der Waals surface area contributed by atoms with Crippen molar-refractivity contribution < 1.29 is 4.74 Å². The van der Waals surface area contributed by atoms with E-state index >= 15 is 0 Å². The number of methoxy groups -OCH3 is 1. The number of anilines is 1. The molecule has 0 fully saturated rings. The Balaban J connectivity index is 1.79. The summed E-state index contributed by atoms with van der Waals surface area (Å²) in [5.41, 5.74) is 5.59. The summed E-state index contributed by atoms with van der Waals surface area (Å²) < 4.78 is 7.18. The van der Waals surface area contributed by atoms with E-state index in [9.17, 15) is 0 Å². The van der Waals surface area contributed by atoms with Crippen molar-refractivity contribution >= 4 is 5.69 Å². The van der Waals surface area contributed by atoms with Crippen LogP contribution in [0, 0.1) is 13.8 Å². The van der Waals surface area contributed by atoms with E-state index in [1.54, 1.807) is 7.11 Å². The predicted octanol–water partition coefficient (Wildman–Crippen LogP) is 4.11. The van der Waals surface area contributed by atoms with Crippen LogP contribution in [0.3, 0.4) is 0 Å². The predicted molar refractivity (Wildman–Crippen MR) is 93.4 cm³/mol. The van der Waals surface area contributed by atoms with Gasteiger partial charge >= 0.3 is 0 Å². The lowest BCUT2D eigenvalue weighted by Crippen LogP contribution is -2.03. The van der Waals surface area contributed by atoms with Gasteiger partial charge in [0.1, 0.15) is 5.75 Å². The zero-order valence-corrected chi connectivity index (χ0v) is 13.7. The molecule has 0 spiro atoms. The van der Waals surface area contributed by atoms with Gasteiger partial charge in [-0.25, -0.2) is 4.68 Å². The standard InChI is InChI=1S/C19H21N3O/c1-14-19(13-20-16-9-11-18(23-3)12-10-16)15(2)22(21-14)17-7-5-4-6-8-17/h4-12,20H,13H2,1-3H3. The van der Waals surface area contributed by atoms with Gasteiger partial charge < -0.3 is 10.1 Å². The maximum Gasteiger partial charge on any atom is 0.119 e. The number of rotatable bonds is 5. The fourth-order valence-corrected chi connectivity index (χ4v) is 2.65. The number of nitrogens with one attached hydrogen (secondary N) is 1. The highest BCUT2D eigenvalue weighted by molar-refractivity contribution is 5.47. The molecular formula is C19H21N3O. The van der Waals surface area contributed by atoms with E-state index in [0.29, 0.717) is 0 Å². The Morgan fingerprint density at radius 1 is 1.00 bits per heavy atom. The minimum atomic E-state index is 0.747. The lowest BCUT2D eigenvalue weighted by molar-refractivity contribution is 0.415. The average molecular weight is 307 g/mol. The van der Waals surface area contributed by atoms with Gasteiger partial charge in [0.15, 0.2) is 0 Å². The topological polar surface area (TPSA) is 39.1 Å². The molecule has 0 unspecified atom stereocenters. The summed E-state index contributed by atoms with van der Waals surface area (Å²) in [5, 5.41) is 8.13. The normalized spacial score (nSPS) is 10.6. The van der Waals surface area contributed by atoms with Gasteiger partial charge in [0, 0.05) is 23.5 Å². The molecule has 1 N–H and O–H groups in total. The number of aryl methyl sites for hydroxylation is 1. The summed E-state index contributed by atoms with van der Waals surface area (Å²) in [6.07, 6.45) is 0. The Hall–Kier alpha value is -2.75. The van der Waals surface area contributed by atoms with Crippen molar-refractivity contribution in [3.05, 3.63) is 71.5 Å². The number of ether oxygens (including phenoxy) is 1. The van der Waals surface area contributed by atoms with Gasteiger partial charge in [0.25, 0.3) is 0 Å². The first kappa shape index (κ1) is 15.2. The van der Waals surface area contributed by atoms with Crippen LogP contribution in [0.2, 0.25) is 0 Å². The number of hydrogen-bond donors (Lipinski definition) is 1. The van der Waals surface area contributed by atoms with Crippen LogP contribution in [0.25, 0.3) is 5.69 Å². The third kappa shape index (κ3) is 3.21.